The second-order valence-corrected chi connectivity index (χ2v) is 7.10. The third-order valence-corrected chi connectivity index (χ3v) is 5.29. The maximum atomic E-state index is 12.6. The van der Waals surface area contributed by atoms with Crippen molar-refractivity contribution < 1.29 is 9.59 Å². The van der Waals surface area contributed by atoms with Crippen molar-refractivity contribution in [3.05, 3.63) is 70.9 Å². The molecule has 2 amide bonds. The third kappa shape index (κ3) is 4.45. The highest BCUT2D eigenvalue weighted by Crippen LogP contribution is 2.23. The van der Waals surface area contributed by atoms with Crippen LogP contribution in [0, 0.1) is 13.8 Å². The quantitative estimate of drug-likeness (QED) is 0.674. The highest BCUT2D eigenvalue weighted by atomic mass is 16.2. The Kier molecular flexibility index (Phi) is 6.27. The van der Waals surface area contributed by atoms with Crippen molar-refractivity contribution in [1.82, 2.24) is 9.88 Å². The lowest BCUT2D eigenvalue weighted by Crippen LogP contribution is -2.30. The van der Waals surface area contributed by atoms with Gasteiger partial charge in [0.15, 0.2) is 0 Å². The number of hydrogen-bond acceptors (Lipinski definition) is 3. The molecule has 3 rings (SSSR count). The molecule has 5 nitrogen and oxygen atoms in total. The van der Waals surface area contributed by atoms with Crippen LogP contribution in [0.5, 0.6) is 0 Å². The summed E-state index contributed by atoms with van der Waals surface area (Å²) in [5.74, 6) is -0.0996. The van der Waals surface area contributed by atoms with Crippen molar-refractivity contribution in [2.24, 2.45) is 0 Å². The monoisotopic (exact) mass is 389 g/mol. The number of amides is 2. The van der Waals surface area contributed by atoms with Crippen molar-refractivity contribution in [3.8, 4) is 0 Å². The third-order valence-electron chi connectivity index (χ3n) is 5.29. The van der Waals surface area contributed by atoms with E-state index in [1.807, 2.05) is 52.0 Å². The number of rotatable bonds is 6. The van der Waals surface area contributed by atoms with Crippen LogP contribution in [-0.4, -0.2) is 34.8 Å². The minimum absolute atomic E-state index is 0.00126. The number of hydrogen-bond donors (Lipinski definition) is 1. The van der Waals surface area contributed by atoms with Gasteiger partial charge in [0.1, 0.15) is 0 Å². The SMILES string of the molecule is CCN(CC)C(=O)c1ccc(NC(=O)Cc2c(C)nc3ccccc3c2C)cc1. The van der Waals surface area contributed by atoms with Crippen LogP contribution < -0.4 is 5.32 Å². The maximum absolute atomic E-state index is 12.6. The number of anilines is 1. The van der Waals surface area contributed by atoms with Crippen LogP contribution in [0.1, 0.15) is 41.0 Å². The smallest absolute Gasteiger partial charge is 0.253 e. The minimum atomic E-state index is -0.101. The highest BCUT2D eigenvalue weighted by Gasteiger charge is 2.15. The maximum Gasteiger partial charge on any atom is 0.253 e. The van der Waals surface area contributed by atoms with Crippen molar-refractivity contribution in [3.63, 3.8) is 0 Å². The Morgan fingerprint density at radius 3 is 2.28 bits per heavy atom. The zero-order valence-electron chi connectivity index (χ0n) is 17.5. The summed E-state index contributed by atoms with van der Waals surface area (Å²) in [6, 6.07) is 15.0. The molecule has 0 atom stereocenters. The average molecular weight is 389 g/mol. The number of nitrogens with zero attached hydrogens (tertiary/aromatic N) is 2. The van der Waals surface area contributed by atoms with Gasteiger partial charge in [-0.2, -0.15) is 0 Å². The summed E-state index contributed by atoms with van der Waals surface area (Å²) < 4.78 is 0. The zero-order chi connectivity index (χ0) is 21.0. The molecule has 0 spiro atoms. The van der Waals surface area contributed by atoms with Gasteiger partial charge in [-0.1, -0.05) is 18.2 Å². The first-order valence-electron chi connectivity index (χ1n) is 9.98. The Bertz CT molecular complexity index is 1040. The van der Waals surface area contributed by atoms with Crippen LogP contribution >= 0.6 is 0 Å². The molecule has 5 heteroatoms. The van der Waals surface area contributed by atoms with Gasteiger partial charge in [0, 0.05) is 35.4 Å². The number of fused-ring (bicyclic) bond motifs is 1. The second kappa shape index (κ2) is 8.86. The second-order valence-electron chi connectivity index (χ2n) is 7.10. The summed E-state index contributed by atoms with van der Waals surface area (Å²) in [6.07, 6.45) is 0.260. The summed E-state index contributed by atoms with van der Waals surface area (Å²) in [7, 11) is 0. The number of para-hydroxylation sites is 1. The molecule has 0 saturated heterocycles. The first kappa shape index (κ1) is 20.5. The van der Waals surface area contributed by atoms with E-state index in [9.17, 15) is 9.59 Å². The van der Waals surface area contributed by atoms with Gasteiger partial charge in [-0.15, -0.1) is 0 Å². The predicted octanol–water partition coefficient (Wildman–Crippen LogP) is 4.51. The molecule has 0 aliphatic heterocycles. The fourth-order valence-corrected chi connectivity index (χ4v) is 3.59. The Hall–Kier alpha value is -3.21. The molecule has 0 fully saturated rings. The molecule has 2 aromatic carbocycles. The number of aryl methyl sites for hydroxylation is 2. The molecule has 1 heterocycles. The summed E-state index contributed by atoms with van der Waals surface area (Å²) in [5, 5.41) is 3.99. The number of pyridine rings is 1. The van der Waals surface area contributed by atoms with E-state index < -0.39 is 0 Å². The lowest BCUT2D eigenvalue weighted by molar-refractivity contribution is -0.115. The number of benzene rings is 2. The van der Waals surface area contributed by atoms with Crippen LogP contribution in [0.15, 0.2) is 48.5 Å². The summed E-state index contributed by atoms with van der Waals surface area (Å²) in [4.78, 5) is 31.4. The molecule has 0 aliphatic rings. The van der Waals surface area contributed by atoms with Crippen LogP contribution in [0.25, 0.3) is 10.9 Å². The Labute approximate surface area is 171 Å². The van der Waals surface area contributed by atoms with Gasteiger partial charge in [0.2, 0.25) is 5.91 Å². The van der Waals surface area contributed by atoms with E-state index in [0.717, 1.165) is 27.7 Å². The van der Waals surface area contributed by atoms with Crippen LogP contribution in [0.3, 0.4) is 0 Å². The van der Waals surface area contributed by atoms with Gasteiger partial charge in [0.05, 0.1) is 11.9 Å². The van der Waals surface area contributed by atoms with Gasteiger partial charge in [-0.3, -0.25) is 14.6 Å². The van der Waals surface area contributed by atoms with Gasteiger partial charge in [0.25, 0.3) is 5.91 Å². The van der Waals surface area contributed by atoms with Crippen LogP contribution in [-0.2, 0) is 11.2 Å². The Morgan fingerprint density at radius 2 is 1.62 bits per heavy atom. The van der Waals surface area contributed by atoms with E-state index in [1.54, 1.807) is 29.2 Å². The van der Waals surface area contributed by atoms with Crippen molar-refractivity contribution >= 4 is 28.4 Å². The number of nitrogens with one attached hydrogen (secondary N) is 1. The lowest BCUT2D eigenvalue weighted by atomic mass is 9.99. The van der Waals surface area contributed by atoms with Gasteiger partial charge in [-0.25, -0.2) is 0 Å². The number of carbonyl (C=O) groups excluding carboxylic acids is 2. The largest absolute Gasteiger partial charge is 0.339 e. The molecule has 0 bridgehead atoms. The molecular formula is C24H27N3O2. The minimum Gasteiger partial charge on any atom is -0.339 e. The fraction of sp³-hybridized carbons (Fsp3) is 0.292. The molecule has 0 aliphatic carbocycles. The summed E-state index contributed by atoms with van der Waals surface area (Å²) in [5.41, 5.74) is 5.15. The Balaban J connectivity index is 1.73. The normalized spacial score (nSPS) is 10.8. The van der Waals surface area contributed by atoms with Crippen LogP contribution in [0.2, 0.25) is 0 Å². The van der Waals surface area contributed by atoms with E-state index in [1.165, 1.54) is 0 Å². The summed E-state index contributed by atoms with van der Waals surface area (Å²) >= 11 is 0. The van der Waals surface area contributed by atoms with Gasteiger partial charge < -0.3 is 10.2 Å². The number of carbonyl (C=O) groups is 2. The molecule has 1 N–H and O–H groups in total. The molecular weight excluding hydrogens is 362 g/mol. The van der Waals surface area contributed by atoms with E-state index in [2.05, 4.69) is 10.3 Å². The molecule has 0 radical (unpaired) electrons. The topological polar surface area (TPSA) is 62.3 Å². The van der Waals surface area contributed by atoms with Gasteiger partial charge >= 0.3 is 0 Å². The van der Waals surface area contributed by atoms with Crippen molar-refractivity contribution in [1.29, 1.82) is 0 Å². The van der Waals surface area contributed by atoms with E-state index in [4.69, 9.17) is 0 Å². The first-order chi connectivity index (χ1) is 13.9. The molecule has 29 heavy (non-hydrogen) atoms. The van der Waals surface area contributed by atoms with Crippen molar-refractivity contribution in [2.75, 3.05) is 18.4 Å². The van der Waals surface area contributed by atoms with E-state index >= 15 is 0 Å². The molecule has 0 unspecified atom stereocenters. The van der Waals surface area contributed by atoms with Gasteiger partial charge in [-0.05, 0) is 69.2 Å². The highest BCUT2D eigenvalue weighted by molar-refractivity contribution is 5.96. The Morgan fingerprint density at radius 1 is 0.966 bits per heavy atom. The van der Waals surface area contributed by atoms with E-state index in [0.29, 0.717) is 24.3 Å². The predicted molar refractivity (Wildman–Crippen MR) is 117 cm³/mol. The first-order valence-corrected chi connectivity index (χ1v) is 9.98. The summed E-state index contributed by atoms with van der Waals surface area (Å²) in [6.45, 7) is 9.24. The standard InChI is InChI=1S/C24H27N3O2/c1-5-27(6-2)24(29)18-11-13-19(14-12-18)26-23(28)15-21-16(3)20-9-7-8-10-22(20)25-17(21)4/h7-14H,5-6,15H2,1-4H3,(H,26,28). The molecule has 150 valence electrons. The molecule has 0 saturated carbocycles. The lowest BCUT2D eigenvalue weighted by Gasteiger charge is -2.18. The van der Waals surface area contributed by atoms with E-state index in [-0.39, 0.29) is 18.2 Å². The van der Waals surface area contributed by atoms with Crippen LogP contribution in [0.4, 0.5) is 5.69 Å². The van der Waals surface area contributed by atoms with Crippen molar-refractivity contribution in [2.45, 2.75) is 34.1 Å². The number of aromatic nitrogens is 1. The fourth-order valence-electron chi connectivity index (χ4n) is 3.59. The molecule has 3 aromatic rings. The zero-order valence-corrected chi connectivity index (χ0v) is 17.5. The molecule has 1 aromatic heterocycles. The average Bonchev–Trinajstić information content (AvgIpc) is 2.72.